The second kappa shape index (κ2) is 5.11. The number of benzene rings is 1. The van der Waals surface area contributed by atoms with Crippen LogP contribution in [-0.4, -0.2) is 29.7 Å². The largest absolute Gasteiger partial charge is 0.497 e. The molecule has 0 spiro atoms. The zero-order valence-electron chi connectivity index (χ0n) is 14.4. The highest BCUT2D eigenvalue weighted by molar-refractivity contribution is 8.18. The van der Waals surface area contributed by atoms with Gasteiger partial charge in [0.25, 0.3) is 17.1 Å². The van der Waals surface area contributed by atoms with E-state index in [9.17, 15) is 14.4 Å². The molecular formula is C18H18N2O4S. The Hall–Kier alpha value is -2.28. The highest BCUT2D eigenvalue weighted by atomic mass is 32.2. The number of carbonyl (C=O) groups excluding carboxylic acids is 3. The Morgan fingerprint density at radius 3 is 2.60 bits per heavy atom. The summed E-state index contributed by atoms with van der Waals surface area (Å²) in [4.78, 5) is 39.0. The van der Waals surface area contributed by atoms with Gasteiger partial charge in [-0.15, -0.1) is 0 Å². The molecule has 1 aromatic rings. The van der Waals surface area contributed by atoms with Gasteiger partial charge < -0.3 is 9.64 Å². The van der Waals surface area contributed by atoms with E-state index in [4.69, 9.17) is 4.74 Å². The molecule has 1 atom stereocenters. The van der Waals surface area contributed by atoms with E-state index in [2.05, 4.69) is 12.2 Å². The van der Waals surface area contributed by atoms with Gasteiger partial charge in [-0.1, -0.05) is 6.92 Å². The van der Waals surface area contributed by atoms with Crippen LogP contribution < -0.4 is 15.0 Å². The summed E-state index contributed by atoms with van der Waals surface area (Å²) in [6.07, 6.45) is 0.805. The predicted octanol–water partition coefficient (Wildman–Crippen LogP) is 3.02. The van der Waals surface area contributed by atoms with Crippen molar-refractivity contribution in [1.29, 1.82) is 0 Å². The van der Waals surface area contributed by atoms with Crippen LogP contribution >= 0.6 is 11.8 Å². The van der Waals surface area contributed by atoms with Gasteiger partial charge in [-0.25, -0.2) is 0 Å². The normalized spacial score (nSPS) is 26.8. The minimum atomic E-state index is -0.513. The fraction of sp³-hybridized carbons (Fsp3) is 0.389. The number of ether oxygens (including phenoxy) is 1. The molecule has 1 N–H and O–H groups in total. The molecule has 3 aliphatic heterocycles. The Labute approximate surface area is 149 Å². The van der Waals surface area contributed by atoms with E-state index >= 15 is 0 Å². The van der Waals surface area contributed by atoms with E-state index in [1.165, 1.54) is 0 Å². The molecule has 0 aromatic heterocycles. The lowest BCUT2D eigenvalue weighted by Crippen LogP contribution is -2.49. The topological polar surface area (TPSA) is 75.7 Å². The first-order chi connectivity index (χ1) is 11.7. The zero-order valence-corrected chi connectivity index (χ0v) is 15.2. The van der Waals surface area contributed by atoms with Crippen molar-refractivity contribution < 1.29 is 19.1 Å². The average Bonchev–Trinajstić information content (AvgIpc) is 3.00. The lowest BCUT2D eigenvalue weighted by molar-refractivity contribution is -0.116. The maximum atomic E-state index is 13.3. The minimum absolute atomic E-state index is 0.170. The van der Waals surface area contributed by atoms with Crippen molar-refractivity contribution in [3.8, 4) is 5.75 Å². The van der Waals surface area contributed by atoms with Crippen LogP contribution in [0.2, 0.25) is 0 Å². The summed E-state index contributed by atoms with van der Waals surface area (Å²) in [5, 5.41) is 1.79. The van der Waals surface area contributed by atoms with E-state index in [1.807, 2.05) is 19.9 Å². The van der Waals surface area contributed by atoms with Gasteiger partial charge in [0, 0.05) is 11.1 Å². The standard InChI is InChI=1S/C18H18N2O4S/c1-8-7-18(2,3)20-13-10(8)5-9(24-4)6-11(13)12(16(20)22)14-15(21)19-17(23)25-14/h5-6,8H,7H2,1-4H3,(H,19,21,23). The molecule has 3 aliphatic rings. The fourth-order valence-electron chi connectivity index (χ4n) is 4.12. The molecule has 0 bridgehead atoms. The lowest BCUT2D eigenvalue weighted by Gasteiger charge is -2.43. The van der Waals surface area contributed by atoms with Crippen LogP contribution in [0.15, 0.2) is 17.0 Å². The van der Waals surface area contributed by atoms with Gasteiger partial charge in [-0.05, 0) is 55.6 Å². The molecule has 0 saturated carbocycles. The number of imide groups is 1. The van der Waals surface area contributed by atoms with Gasteiger partial charge in [0.2, 0.25) is 0 Å². The molecule has 3 amide bonds. The van der Waals surface area contributed by atoms with Crippen molar-refractivity contribution in [2.75, 3.05) is 12.0 Å². The van der Waals surface area contributed by atoms with Crippen LogP contribution in [0.25, 0.3) is 5.57 Å². The van der Waals surface area contributed by atoms with Crippen molar-refractivity contribution in [1.82, 2.24) is 5.32 Å². The third kappa shape index (κ3) is 2.15. The molecule has 3 heterocycles. The molecule has 1 saturated heterocycles. The molecule has 1 unspecified atom stereocenters. The van der Waals surface area contributed by atoms with Crippen molar-refractivity contribution in [2.24, 2.45) is 0 Å². The van der Waals surface area contributed by atoms with Crippen LogP contribution in [0.1, 0.15) is 44.2 Å². The van der Waals surface area contributed by atoms with Crippen LogP contribution in [0.5, 0.6) is 5.75 Å². The molecule has 6 nitrogen and oxygen atoms in total. The summed E-state index contributed by atoms with van der Waals surface area (Å²) < 4.78 is 5.41. The van der Waals surface area contributed by atoms with Crippen molar-refractivity contribution in [3.63, 3.8) is 0 Å². The number of methoxy groups -OCH3 is 1. The second-order valence-corrected chi connectivity index (χ2v) is 8.20. The van der Waals surface area contributed by atoms with Crippen molar-refractivity contribution in [3.05, 3.63) is 28.2 Å². The predicted molar refractivity (Wildman–Crippen MR) is 95.6 cm³/mol. The Kier molecular flexibility index (Phi) is 3.31. The number of rotatable bonds is 1. The molecule has 1 fully saturated rings. The Morgan fingerprint density at radius 2 is 2.00 bits per heavy atom. The summed E-state index contributed by atoms with van der Waals surface area (Å²) in [7, 11) is 1.58. The van der Waals surface area contributed by atoms with Crippen LogP contribution in [-0.2, 0) is 9.59 Å². The summed E-state index contributed by atoms with van der Waals surface area (Å²) in [5.74, 6) is 0.149. The average molecular weight is 358 g/mol. The van der Waals surface area contributed by atoms with E-state index in [1.54, 1.807) is 18.1 Å². The fourth-order valence-corrected chi connectivity index (χ4v) is 4.89. The minimum Gasteiger partial charge on any atom is -0.497 e. The van der Waals surface area contributed by atoms with E-state index in [0.29, 0.717) is 16.9 Å². The molecular weight excluding hydrogens is 340 g/mol. The summed E-state index contributed by atoms with van der Waals surface area (Å²) in [6, 6.07) is 3.74. The monoisotopic (exact) mass is 358 g/mol. The zero-order chi connectivity index (χ0) is 18.1. The third-order valence-corrected chi connectivity index (χ3v) is 5.93. The molecule has 4 rings (SSSR count). The van der Waals surface area contributed by atoms with Crippen molar-refractivity contribution >= 4 is 40.1 Å². The quantitative estimate of drug-likeness (QED) is 0.781. The van der Waals surface area contributed by atoms with E-state index in [0.717, 1.165) is 29.4 Å². The highest BCUT2D eigenvalue weighted by Crippen LogP contribution is 2.54. The van der Waals surface area contributed by atoms with Crippen LogP contribution in [0.4, 0.5) is 10.5 Å². The Bertz CT molecular complexity index is 887. The smallest absolute Gasteiger partial charge is 0.290 e. The van der Waals surface area contributed by atoms with E-state index < -0.39 is 11.1 Å². The van der Waals surface area contributed by atoms with Crippen molar-refractivity contribution in [2.45, 2.75) is 38.6 Å². The van der Waals surface area contributed by atoms with Gasteiger partial charge in [0.05, 0.1) is 23.3 Å². The van der Waals surface area contributed by atoms with Gasteiger partial charge >= 0.3 is 0 Å². The SMILES string of the molecule is COc1cc2c3c(c1)C(C)CC(C)(C)N3C(=O)C2=C1SC(=O)NC1=O. The summed E-state index contributed by atoms with van der Waals surface area (Å²) >= 11 is 0.783. The van der Waals surface area contributed by atoms with Crippen LogP contribution in [0, 0.1) is 0 Å². The number of amides is 3. The molecule has 0 radical (unpaired) electrons. The maximum absolute atomic E-state index is 13.3. The number of hydrogen-bond donors (Lipinski definition) is 1. The van der Waals surface area contributed by atoms with E-state index in [-0.39, 0.29) is 22.3 Å². The van der Waals surface area contributed by atoms with Gasteiger partial charge in [0.1, 0.15) is 5.75 Å². The summed E-state index contributed by atoms with van der Waals surface area (Å²) in [6.45, 7) is 6.18. The van der Waals surface area contributed by atoms with Crippen LogP contribution in [0.3, 0.4) is 0 Å². The Balaban J connectivity index is 2.06. The summed E-state index contributed by atoms with van der Waals surface area (Å²) in [5.41, 5.74) is 2.47. The lowest BCUT2D eigenvalue weighted by atomic mass is 9.80. The first kappa shape index (κ1) is 16.2. The first-order valence-electron chi connectivity index (χ1n) is 8.09. The molecule has 7 heteroatoms. The molecule has 25 heavy (non-hydrogen) atoms. The molecule has 0 aliphatic carbocycles. The number of nitrogens with one attached hydrogen (secondary N) is 1. The number of carbonyl (C=O) groups is 3. The van der Waals surface area contributed by atoms with Gasteiger partial charge in [0.15, 0.2) is 0 Å². The number of anilines is 1. The third-order valence-electron chi connectivity index (χ3n) is 5.04. The Morgan fingerprint density at radius 1 is 1.28 bits per heavy atom. The van der Waals surface area contributed by atoms with Gasteiger partial charge in [-0.2, -0.15) is 0 Å². The highest BCUT2D eigenvalue weighted by Gasteiger charge is 2.49. The van der Waals surface area contributed by atoms with Gasteiger partial charge in [-0.3, -0.25) is 19.7 Å². The number of thioether (sulfide) groups is 1. The molecule has 1 aromatic carbocycles. The second-order valence-electron chi connectivity index (χ2n) is 7.22. The first-order valence-corrected chi connectivity index (χ1v) is 8.90. The molecule has 130 valence electrons. The number of hydrogen-bond acceptors (Lipinski definition) is 5. The number of nitrogens with zero attached hydrogens (tertiary/aromatic N) is 1. The maximum Gasteiger partial charge on any atom is 0.290 e.